The molecule has 5 rings (SSSR count). The van der Waals surface area contributed by atoms with Crippen LogP contribution in [0.4, 0.5) is 18.0 Å². The van der Waals surface area contributed by atoms with Crippen molar-refractivity contribution in [3.05, 3.63) is 45.6 Å². The van der Waals surface area contributed by atoms with Gasteiger partial charge in [-0.2, -0.15) is 13.2 Å². The number of hydrogen-bond acceptors (Lipinski definition) is 7. The number of alkyl halides is 3. The Hall–Kier alpha value is -2.80. The maximum absolute atomic E-state index is 13.0. The van der Waals surface area contributed by atoms with E-state index in [-0.39, 0.29) is 31.2 Å². The Balaban J connectivity index is 1.47. The van der Waals surface area contributed by atoms with Gasteiger partial charge in [-0.15, -0.1) is 11.3 Å². The van der Waals surface area contributed by atoms with Crippen molar-refractivity contribution in [3.8, 4) is 11.3 Å². The Morgan fingerprint density at radius 2 is 2.00 bits per heavy atom. The number of nitrogens with zero attached hydrogens (tertiary/aromatic N) is 4. The van der Waals surface area contributed by atoms with Gasteiger partial charge in [0.2, 0.25) is 5.91 Å². The number of imide groups is 1. The summed E-state index contributed by atoms with van der Waals surface area (Å²) < 4.78 is 45.9. The van der Waals surface area contributed by atoms with Gasteiger partial charge in [0.25, 0.3) is 0 Å². The van der Waals surface area contributed by atoms with Gasteiger partial charge in [0.05, 0.1) is 34.2 Å². The second-order valence-corrected chi connectivity index (χ2v) is 12.4. The highest BCUT2D eigenvalue weighted by molar-refractivity contribution is 7.19. The summed E-state index contributed by atoms with van der Waals surface area (Å²) in [5.74, 6) is -0.510. The molecule has 1 atom stereocenters. The molecule has 0 radical (unpaired) electrons. The summed E-state index contributed by atoms with van der Waals surface area (Å²) in [6, 6.07) is 4.55. The Kier molecular flexibility index (Phi) is 7.81. The highest BCUT2D eigenvalue weighted by atomic mass is 35.5. The van der Waals surface area contributed by atoms with Crippen LogP contribution in [0.3, 0.4) is 0 Å². The zero-order valence-corrected chi connectivity index (χ0v) is 23.8. The van der Waals surface area contributed by atoms with E-state index >= 15 is 0 Å². The third-order valence-corrected chi connectivity index (χ3v) is 8.31. The normalized spacial score (nSPS) is 20.0. The van der Waals surface area contributed by atoms with Crippen molar-refractivity contribution in [3.63, 3.8) is 0 Å². The molecule has 3 amide bonds. The van der Waals surface area contributed by atoms with Crippen LogP contribution in [0.1, 0.15) is 36.3 Å². The number of rotatable bonds is 6. The molecule has 2 saturated heterocycles. The molecule has 13 heteroatoms. The first kappa shape index (κ1) is 28.7. The molecule has 0 unspecified atom stereocenters. The zero-order valence-electron chi connectivity index (χ0n) is 22.3. The lowest BCUT2D eigenvalue weighted by Crippen LogP contribution is -2.53. The predicted octanol–water partition coefficient (Wildman–Crippen LogP) is 5.35. The van der Waals surface area contributed by atoms with Crippen molar-refractivity contribution >= 4 is 45.1 Å². The van der Waals surface area contributed by atoms with Gasteiger partial charge in [0.15, 0.2) is 0 Å². The summed E-state index contributed by atoms with van der Waals surface area (Å²) >= 11 is 7.79. The van der Waals surface area contributed by atoms with Crippen LogP contribution in [0.2, 0.25) is 5.02 Å². The van der Waals surface area contributed by atoms with Crippen LogP contribution >= 0.6 is 22.9 Å². The number of nitrogens with one attached hydrogen (secondary N) is 1. The molecule has 2 aromatic heterocycles. The third kappa shape index (κ3) is 6.24. The van der Waals surface area contributed by atoms with Crippen molar-refractivity contribution < 1.29 is 27.5 Å². The van der Waals surface area contributed by atoms with Crippen LogP contribution in [-0.2, 0) is 22.5 Å². The number of aromatic nitrogens is 2. The van der Waals surface area contributed by atoms with Crippen molar-refractivity contribution in [1.82, 2.24) is 25.1 Å². The molecule has 40 heavy (non-hydrogen) atoms. The summed E-state index contributed by atoms with van der Waals surface area (Å²) in [5, 5.41) is 3.98. The van der Waals surface area contributed by atoms with Gasteiger partial charge in [0, 0.05) is 47.9 Å². The molecule has 2 aliphatic rings. The molecule has 2 aliphatic heterocycles. The minimum absolute atomic E-state index is 0.0608. The number of benzene rings is 1. The molecule has 0 spiro atoms. The first-order valence-corrected chi connectivity index (χ1v) is 14.1. The molecule has 214 valence electrons. The number of carbonyl (C=O) groups is 2. The molecule has 8 nitrogen and oxygen atoms in total. The Morgan fingerprint density at radius 1 is 1.23 bits per heavy atom. The maximum Gasteiger partial charge on any atom is 0.406 e. The largest absolute Gasteiger partial charge is 0.406 e. The molecule has 0 aliphatic carbocycles. The van der Waals surface area contributed by atoms with E-state index < -0.39 is 24.7 Å². The van der Waals surface area contributed by atoms with Gasteiger partial charge in [0.1, 0.15) is 12.9 Å². The fourth-order valence-corrected chi connectivity index (χ4v) is 6.63. The number of amides is 3. The Labute approximate surface area is 238 Å². The number of urea groups is 1. The standard InChI is InChI=1S/C27H29ClF3N5O3S/c1-15-6-16(28)7-20(19(15)8-17-10-32-12-26(2,3)39-17)23-24-21(33-14-34-23)9-18(40-24)11-36-22(37)4-5-35(25(36)38)13-27(29,30)31/h6-7,9,14,17,32H,4-5,8,10-13H2,1-3H3/t17-/m1/s1. The van der Waals surface area contributed by atoms with E-state index in [0.29, 0.717) is 39.0 Å². The smallest absolute Gasteiger partial charge is 0.369 e. The van der Waals surface area contributed by atoms with Gasteiger partial charge in [-0.05, 0) is 50.1 Å². The summed E-state index contributed by atoms with van der Waals surface area (Å²) in [6.07, 6.45) is -2.71. The van der Waals surface area contributed by atoms with E-state index in [4.69, 9.17) is 16.3 Å². The quantitative estimate of drug-likeness (QED) is 0.414. The van der Waals surface area contributed by atoms with E-state index in [2.05, 4.69) is 15.3 Å². The SMILES string of the molecule is Cc1cc(Cl)cc(-c2ncnc3cc(CN4C(=O)CCN(CC(F)(F)F)C4=O)sc23)c1C[C@@H]1CNCC(C)(C)O1. The number of carbonyl (C=O) groups excluding carboxylic acids is 2. The van der Waals surface area contributed by atoms with Crippen molar-refractivity contribution in [2.75, 3.05) is 26.2 Å². The summed E-state index contributed by atoms with van der Waals surface area (Å²) in [7, 11) is 0. The number of ether oxygens (including phenoxy) is 1. The molecule has 4 heterocycles. The minimum Gasteiger partial charge on any atom is -0.369 e. The average molecular weight is 596 g/mol. The summed E-state index contributed by atoms with van der Waals surface area (Å²) in [5.41, 5.74) is 3.82. The second-order valence-electron chi connectivity index (χ2n) is 10.8. The molecular formula is C27H29ClF3N5O3S. The topological polar surface area (TPSA) is 87.7 Å². The Bertz CT molecular complexity index is 1460. The lowest BCUT2D eigenvalue weighted by atomic mass is 9.93. The lowest BCUT2D eigenvalue weighted by Gasteiger charge is -2.37. The van der Waals surface area contributed by atoms with E-state index in [1.807, 2.05) is 32.9 Å². The van der Waals surface area contributed by atoms with Crippen LogP contribution in [-0.4, -0.2) is 75.8 Å². The number of fused-ring (bicyclic) bond motifs is 1. The second kappa shape index (κ2) is 10.9. The van der Waals surface area contributed by atoms with Gasteiger partial charge in [-0.3, -0.25) is 9.69 Å². The van der Waals surface area contributed by atoms with Gasteiger partial charge >= 0.3 is 12.2 Å². The number of halogens is 4. The first-order valence-electron chi connectivity index (χ1n) is 12.9. The molecule has 1 aromatic carbocycles. The first-order chi connectivity index (χ1) is 18.8. The Morgan fingerprint density at radius 3 is 2.73 bits per heavy atom. The molecule has 3 aromatic rings. The van der Waals surface area contributed by atoms with E-state index in [9.17, 15) is 22.8 Å². The molecule has 1 N–H and O–H groups in total. The number of hydrogen-bond donors (Lipinski definition) is 1. The monoisotopic (exact) mass is 595 g/mol. The summed E-state index contributed by atoms with van der Waals surface area (Å²) in [4.78, 5) is 36.4. The lowest BCUT2D eigenvalue weighted by molar-refractivity contribution is -0.149. The van der Waals surface area contributed by atoms with Crippen LogP contribution in [0, 0.1) is 6.92 Å². The predicted molar refractivity (Wildman–Crippen MR) is 146 cm³/mol. The van der Waals surface area contributed by atoms with Crippen molar-refractivity contribution in [2.24, 2.45) is 0 Å². The van der Waals surface area contributed by atoms with Crippen LogP contribution in [0.25, 0.3) is 21.5 Å². The van der Waals surface area contributed by atoms with Gasteiger partial charge in [-0.25, -0.2) is 14.8 Å². The highest BCUT2D eigenvalue weighted by Crippen LogP contribution is 2.38. The van der Waals surface area contributed by atoms with Crippen molar-refractivity contribution in [2.45, 2.75) is 58.0 Å². The van der Waals surface area contributed by atoms with Crippen LogP contribution in [0.15, 0.2) is 24.5 Å². The molecular weight excluding hydrogens is 567 g/mol. The van der Waals surface area contributed by atoms with E-state index in [1.165, 1.54) is 17.7 Å². The highest BCUT2D eigenvalue weighted by Gasteiger charge is 2.39. The summed E-state index contributed by atoms with van der Waals surface area (Å²) in [6.45, 7) is 5.74. The van der Waals surface area contributed by atoms with Crippen LogP contribution in [0.5, 0.6) is 0 Å². The molecule has 0 bridgehead atoms. The van der Waals surface area contributed by atoms with Gasteiger partial charge in [-0.1, -0.05) is 11.6 Å². The van der Waals surface area contributed by atoms with Gasteiger partial charge < -0.3 is 15.0 Å². The molecule has 2 fully saturated rings. The van der Waals surface area contributed by atoms with E-state index in [0.717, 1.165) is 32.8 Å². The van der Waals surface area contributed by atoms with E-state index in [1.54, 1.807) is 6.07 Å². The number of thiophene rings is 1. The van der Waals surface area contributed by atoms with Crippen LogP contribution < -0.4 is 5.32 Å². The number of aryl methyl sites for hydroxylation is 1. The number of morpholine rings is 1. The molecule has 0 saturated carbocycles. The van der Waals surface area contributed by atoms with Crippen molar-refractivity contribution in [1.29, 1.82) is 0 Å². The zero-order chi connectivity index (χ0) is 28.8. The average Bonchev–Trinajstić information content (AvgIpc) is 3.27. The fraction of sp³-hybridized carbons (Fsp3) is 0.481. The maximum atomic E-state index is 13.0. The minimum atomic E-state index is -4.55. The third-order valence-electron chi connectivity index (χ3n) is 6.98. The fourth-order valence-electron chi connectivity index (χ4n) is 5.25.